The molecule has 2 aromatic heterocycles. The van der Waals surface area contributed by atoms with E-state index in [1.807, 2.05) is 24.8 Å². The zero-order valence-electron chi connectivity index (χ0n) is 15.7. The van der Waals surface area contributed by atoms with E-state index in [1.54, 1.807) is 18.9 Å². The fraction of sp³-hybridized carbons (Fsp3) is 0.556. The number of aryl methyl sites for hydroxylation is 3. The summed E-state index contributed by atoms with van der Waals surface area (Å²) in [5.74, 6) is 1.40. The molecule has 3 rings (SSSR count). The van der Waals surface area contributed by atoms with Crippen molar-refractivity contribution in [2.24, 2.45) is 0 Å². The van der Waals surface area contributed by atoms with E-state index in [0.29, 0.717) is 25.3 Å². The van der Waals surface area contributed by atoms with Crippen LogP contribution in [0.3, 0.4) is 0 Å². The third kappa shape index (κ3) is 3.85. The zero-order valence-corrected chi connectivity index (χ0v) is 15.7. The lowest BCUT2D eigenvalue weighted by Crippen LogP contribution is -2.46. The minimum absolute atomic E-state index is 0.0656. The molecular formula is C18H25N5O3. The number of anilines is 1. The molecule has 1 N–H and O–H groups in total. The molecule has 3 heterocycles. The van der Waals surface area contributed by atoms with Gasteiger partial charge in [0, 0.05) is 37.5 Å². The van der Waals surface area contributed by atoms with Gasteiger partial charge in [-0.15, -0.1) is 0 Å². The van der Waals surface area contributed by atoms with Crippen LogP contribution in [0.1, 0.15) is 29.1 Å². The monoisotopic (exact) mass is 359 g/mol. The van der Waals surface area contributed by atoms with E-state index in [2.05, 4.69) is 15.1 Å². The Hall–Kier alpha value is -2.48. The molecule has 1 aliphatic rings. The highest BCUT2D eigenvalue weighted by Gasteiger charge is 2.38. The Morgan fingerprint density at radius 3 is 2.81 bits per heavy atom. The zero-order chi connectivity index (χ0) is 18.9. The van der Waals surface area contributed by atoms with E-state index < -0.39 is 5.60 Å². The summed E-state index contributed by atoms with van der Waals surface area (Å²) in [6.45, 7) is 6.94. The molecule has 1 saturated heterocycles. The molecule has 0 aliphatic carbocycles. The highest BCUT2D eigenvalue weighted by Crippen LogP contribution is 2.26. The predicted molar refractivity (Wildman–Crippen MR) is 95.9 cm³/mol. The van der Waals surface area contributed by atoms with Gasteiger partial charge in [0.15, 0.2) is 0 Å². The normalized spacial score (nSPS) is 19.8. The molecule has 8 nitrogen and oxygen atoms in total. The summed E-state index contributed by atoms with van der Waals surface area (Å²) in [5.41, 5.74) is 1.48. The van der Waals surface area contributed by atoms with Crippen molar-refractivity contribution in [3.8, 4) is 0 Å². The van der Waals surface area contributed by atoms with Gasteiger partial charge < -0.3 is 19.4 Å². The minimum Gasteiger partial charge on any atom is -0.386 e. The fourth-order valence-corrected chi connectivity index (χ4v) is 3.36. The first kappa shape index (κ1) is 18.3. The lowest BCUT2D eigenvalue weighted by molar-refractivity contribution is -0.132. The Labute approximate surface area is 152 Å². The maximum Gasteiger partial charge on any atom is 0.227 e. The van der Waals surface area contributed by atoms with E-state index in [0.717, 1.165) is 22.8 Å². The van der Waals surface area contributed by atoms with Gasteiger partial charge in [0.05, 0.1) is 18.7 Å². The van der Waals surface area contributed by atoms with E-state index >= 15 is 0 Å². The Kier molecular flexibility index (Phi) is 4.95. The van der Waals surface area contributed by atoms with Crippen LogP contribution in [-0.4, -0.2) is 63.3 Å². The van der Waals surface area contributed by atoms with Crippen LogP contribution in [0.15, 0.2) is 16.9 Å². The van der Waals surface area contributed by atoms with Gasteiger partial charge in [-0.2, -0.15) is 0 Å². The van der Waals surface area contributed by atoms with Gasteiger partial charge in [0.25, 0.3) is 0 Å². The van der Waals surface area contributed by atoms with Crippen LogP contribution in [0.25, 0.3) is 0 Å². The molecule has 0 unspecified atom stereocenters. The van der Waals surface area contributed by atoms with Crippen molar-refractivity contribution in [2.75, 3.05) is 31.6 Å². The lowest BCUT2D eigenvalue weighted by Gasteiger charge is -2.29. The number of β-amino-alcohol motifs (C(OH)–C–C–N with tert-alkyl or cyclic N) is 1. The number of carbonyl (C=O) groups excluding carboxylic acids is 1. The number of amides is 1. The molecule has 0 aromatic carbocycles. The van der Waals surface area contributed by atoms with Crippen LogP contribution in [0.5, 0.6) is 0 Å². The second kappa shape index (κ2) is 7.03. The van der Waals surface area contributed by atoms with Crippen LogP contribution in [0.4, 0.5) is 5.82 Å². The predicted octanol–water partition coefficient (Wildman–Crippen LogP) is 1.03. The minimum atomic E-state index is -0.956. The molecule has 0 bridgehead atoms. The smallest absolute Gasteiger partial charge is 0.227 e. The SMILES string of the molecule is Cc1cc(N2CC[C@](O)(CN(C)C(=O)Cc3c(C)noc3C)C2)ncn1. The third-order valence-electron chi connectivity index (χ3n) is 4.91. The summed E-state index contributed by atoms with van der Waals surface area (Å²) >= 11 is 0. The average Bonchev–Trinajstić information content (AvgIpc) is 3.12. The molecule has 0 saturated carbocycles. The third-order valence-corrected chi connectivity index (χ3v) is 4.91. The Balaban J connectivity index is 1.62. The first-order valence-corrected chi connectivity index (χ1v) is 8.69. The maximum atomic E-state index is 12.6. The Morgan fingerprint density at radius 1 is 1.38 bits per heavy atom. The van der Waals surface area contributed by atoms with E-state index in [9.17, 15) is 9.90 Å². The van der Waals surface area contributed by atoms with Crippen molar-refractivity contribution < 1.29 is 14.4 Å². The first-order valence-electron chi connectivity index (χ1n) is 8.69. The maximum absolute atomic E-state index is 12.6. The van der Waals surface area contributed by atoms with Gasteiger partial charge >= 0.3 is 0 Å². The molecule has 1 amide bonds. The van der Waals surface area contributed by atoms with E-state index in [-0.39, 0.29) is 18.9 Å². The van der Waals surface area contributed by atoms with Crippen LogP contribution >= 0.6 is 0 Å². The Morgan fingerprint density at radius 2 is 2.15 bits per heavy atom. The molecule has 0 spiro atoms. The average molecular weight is 359 g/mol. The van der Waals surface area contributed by atoms with Gasteiger partial charge in [-0.05, 0) is 27.2 Å². The molecular weight excluding hydrogens is 334 g/mol. The van der Waals surface area contributed by atoms with Gasteiger partial charge in [-0.3, -0.25) is 4.79 Å². The molecule has 140 valence electrons. The quantitative estimate of drug-likeness (QED) is 0.852. The van der Waals surface area contributed by atoms with Gasteiger partial charge in [-0.25, -0.2) is 9.97 Å². The fourth-order valence-electron chi connectivity index (χ4n) is 3.36. The molecule has 8 heteroatoms. The number of hydrogen-bond donors (Lipinski definition) is 1. The van der Waals surface area contributed by atoms with Crippen LogP contribution in [0.2, 0.25) is 0 Å². The van der Waals surface area contributed by atoms with Crippen molar-refractivity contribution in [3.05, 3.63) is 35.1 Å². The van der Waals surface area contributed by atoms with Crippen molar-refractivity contribution in [1.82, 2.24) is 20.0 Å². The number of likely N-dealkylation sites (N-methyl/N-ethyl adjacent to an activating group) is 1. The van der Waals surface area contributed by atoms with Crippen molar-refractivity contribution in [2.45, 2.75) is 39.2 Å². The number of aliphatic hydroxyl groups is 1. The van der Waals surface area contributed by atoms with Gasteiger partial charge in [0.1, 0.15) is 23.5 Å². The summed E-state index contributed by atoms with van der Waals surface area (Å²) in [6, 6.07) is 1.90. The highest BCUT2D eigenvalue weighted by atomic mass is 16.5. The summed E-state index contributed by atoms with van der Waals surface area (Å²) in [7, 11) is 1.72. The summed E-state index contributed by atoms with van der Waals surface area (Å²) < 4.78 is 5.11. The second-order valence-electron chi connectivity index (χ2n) is 7.14. The number of aromatic nitrogens is 3. The summed E-state index contributed by atoms with van der Waals surface area (Å²) in [5, 5.41) is 14.8. The topological polar surface area (TPSA) is 95.6 Å². The number of nitrogens with zero attached hydrogens (tertiary/aromatic N) is 5. The highest BCUT2D eigenvalue weighted by molar-refractivity contribution is 5.79. The largest absolute Gasteiger partial charge is 0.386 e. The van der Waals surface area contributed by atoms with Crippen molar-refractivity contribution in [1.29, 1.82) is 0 Å². The molecule has 1 atom stereocenters. The standard InChI is InChI=1S/C18H25N5O3/c1-12-7-16(20-11-19-12)23-6-5-18(25,10-23)9-22(4)17(24)8-15-13(2)21-26-14(15)3/h7,11,25H,5-6,8-10H2,1-4H3/t18-/m0/s1. The number of rotatable bonds is 5. The van der Waals surface area contributed by atoms with Gasteiger partial charge in [0.2, 0.25) is 5.91 Å². The molecule has 0 radical (unpaired) electrons. The lowest BCUT2D eigenvalue weighted by atomic mass is 10.0. The molecule has 2 aromatic rings. The molecule has 26 heavy (non-hydrogen) atoms. The molecule has 1 fully saturated rings. The summed E-state index contributed by atoms with van der Waals surface area (Å²) in [6.07, 6.45) is 2.34. The number of carbonyl (C=O) groups is 1. The Bertz CT molecular complexity index is 786. The van der Waals surface area contributed by atoms with Crippen LogP contribution < -0.4 is 4.90 Å². The van der Waals surface area contributed by atoms with Crippen molar-refractivity contribution in [3.63, 3.8) is 0 Å². The van der Waals surface area contributed by atoms with Crippen LogP contribution in [0, 0.1) is 20.8 Å². The van der Waals surface area contributed by atoms with Crippen molar-refractivity contribution >= 4 is 11.7 Å². The first-order chi connectivity index (χ1) is 12.3. The van der Waals surface area contributed by atoms with Gasteiger partial charge in [-0.1, -0.05) is 5.16 Å². The second-order valence-corrected chi connectivity index (χ2v) is 7.14. The summed E-state index contributed by atoms with van der Waals surface area (Å²) in [4.78, 5) is 24.5. The van der Waals surface area contributed by atoms with E-state index in [1.165, 1.54) is 6.33 Å². The molecule has 1 aliphatic heterocycles. The van der Waals surface area contributed by atoms with E-state index in [4.69, 9.17) is 4.52 Å². The van der Waals surface area contributed by atoms with Crippen LogP contribution in [-0.2, 0) is 11.2 Å². The number of hydrogen-bond acceptors (Lipinski definition) is 7.